The van der Waals surface area contributed by atoms with Gasteiger partial charge >= 0.3 is 5.97 Å². The monoisotopic (exact) mass is 1190 g/mol. The fourth-order valence-electron chi connectivity index (χ4n) is 10.7. The number of nitrogens with one attached hydrogen (secondary N) is 1. The van der Waals surface area contributed by atoms with Crippen LogP contribution < -0.4 is 5.32 Å². The van der Waals surface area contributed by atoms with Crippen LogP contribution in [0.2, 0.25) is 0 Å². The Bertz CT molecular complexity index is 2570. The summed E-state index contributed by atoms with van der Waals surface area (Å²) in [5.74, 6) is -4.01. The van der Waals surface area contributed by atoms with Gasteiger partial charge in [0.1, 0.15) is 16.7 Å². The van der Waals surface area contributed by atoms with E-state index in [9.17, 15) is 38.4 Å². The van der Waals surface area contributed by atoms with E-state index in [-0.39, 0.29) is 101 Å². The summed E-state index contributed by atoms with van der Waals surface area (Å²) < 4.78 is 5.66. The SMILES string of the molecule is CCC(C)C(C(=O)CC(C(=O)N(C)[C@H](C[C@@H](OC(C)=O)c1nc(C(=O)N(C)[C@@H](CSc2ccccc2)C(=O)C[C@H](C(=O)N[C@@H](Cc2ccccc2)C(=O)N2CCN(C(=O)CCC(C)(C)S)CC2)C(C)C)cs1)C(C)C)[C@@H](C)CC)N(C)C. The number of thiazole rings is 1. The zero-order valence-electron chi connectivity index (χ0n) is 51.5. The van der Waals surface area contributed by atoms with Gasteiger partial charge in [0, 0.05) is 118 Å². The lowest BCUT2D eigenvalue weighted by Gasteiger charge is -2.37. The van der Waals surface area contributed by atoms with Gasteiger partial charge in [-0.1, -0.05) is 131 Å². The molecular formula is C63H95N7O9S3. The zero-order valence-corrected chi connectivity index (χ0v) is 54.0. The largest absolute Gasteiger partial charge is 0.455 e. The number of esters is 1. The van der Waals surface area contributed by atoms with Crippen LogP contribution in [0.3, 0.4) is 0 Å². The van der Waals surface area contributed by atoms with Crippen molar-refractivity contribution in [2.75, 3.05) is 60.1 Å². The lowest BCUT2D eigenvalue weighted by Crippen LogP contribution is -2.57. The Morgan fingerprint density at radius 1 is 0.768 bits per heavy atom. The van der Waals surface area contributed by atoms with Gasteiger partial charge in [-0.25, -0.2) is 4.98 Å². The first-order valence-electron chi connectivity index (χ1n) is 29.3. The third-order valence-electron chi connectivity index (χ3n) is 16.2. The molecule has 0 aliphatic carbocycles. The van der Waals surface area contributed by atoms with Gasteiger partial charge in [-0.3, -0.25) is 43.3 Å². The second-order valence-corrected chi connectivity index (χ2v) is 27.2. The number of ketones is 2. The van der Waals surface area contributed by atoms with E-state index in [0.717, 1.165) is 28.2 Å². The number of thioether (sulfide) groups is 1. The zero-order chi connectivity index (χ0) is 61.2. The highest BCUT2D eigenvalue weighted by molar-refractivity contribution is 7.99. The Balaban J connectivity index is 1.59. The Kier molecular flexibility index (Phi) is 27.8. The molecule has 5 amide bonds. The topological polar surface area (TPSA) is 187 Å². The molecular weight excluding hydrogens is 1090 g/mol. The number of ether oxygens (including phenoxy) is 1. The van der Waals surface area contributed by atoms with Crippen molar-refractivity contribution < 1.29 is 43.1 Å². The van der Waals surface area contributed by atoms with Crippen LogP contribution in [0.5, 0.6) is 0 Å². The number of aromatic nitrogens is 1. The highest BCUT2D eigenvalue weighted by Crippen LogP contribution is 2.34. The standard InChI is InChI=1S/C63H95N7O9S3/c1-16-42(7)48(36-54(73)57(66(12)13)43(8)17-2)60(76)67(14)51(41(5)6)37-55(79-44(9)71)59-65-50(38-82-59)61(77)68(15)52(39-81-46-26-22-19-23-27-46)53(72)35-47(40(3)4)58(75)64-49(34-45-24-20-18-21-25-45)62(78)70-32-30-69(31-33-70)56(74)28-29-63(10,11)80/h18-27,38,40-43,47-49,51-52,55,57,80H,16-17,28-37,39H2,1-15H3,(H,64,75)/t42-,43?,47-,48?,49-,51+,52-,55+,57?/m0/s1. The second-order valence-electron chi connectivity index (χ2n) is 24.0. The number of carbonyl (C=O) groups excluding carboxylic acids is 8. The predicted octanol–water partition coefficient (Wildman–Crippen LogP) is 9.57. The van der Waals surface area contributed by atoms with Crippen molar-refractivity contribution in [3.05, 3.63) is 82.3 Å². The van der Waals surface area contributed by atoms with E-state index in [4.69, 9.17) is 9.72 Å². The van der Waals surface area contributed by atoms with E-state index in [2.05, 4.69) is 31.8 Å². The van der Waals surface area contributed by atoms with Crippen LogP contribution in [0.1, 0.15) is 148 Å². The smallest absolute Gasteiger partial charge is 0.303 e. The lowest BCUT2D eigenvalue weighted by atomic mass is 9.82. The molecule has 0 bridgehead atoms. The summed E-state index contributed by atoms with van der Waals surface area (Å²) in [6.45, 7) is 22.4. The molecule has 82 heavy (non-hydrogen) atoms. The minimum absolute atomic E-state index is 0.0165. The van der Waals surface area contributed by atoms with Gasteiger partial charge in [-0.05, 0) is 61.9 Å². The fourth-order valence-corrected chi connectivity index (χ4v) is 12.7. The number of hydrogen-bond acceptors (Lipinski definition) is 14. The molecule has 19 heteroatoms. The average molecular weight is 1190 g/mol. The minimum Gasteiger partial charge on any atom is -0.455 e. The fraction of sp³-hybridized carbons (Fsp3) is 0.635. The number of likely N-dealkylation sites (N-methyl/N-ethyl adjacent to an activating group) is 2. The average Bonchev–Trinajstić information content (AvgIpc) is 4.15. The van der Waals surface area contributed by atoms with Gasteiger partial charge in [-0.2, -0.15) is 12.6 Å². The van der Waals surface area contributed by atoms with Gasteiger partial charge in [0.05, 0.1) is 12.1 Å². The molecule has 2 heterocycles. The number of thiol groups is 1. The first-order chi connectivity index (χ1) is 38.6. The van der Waals surface area contributed by atoms with E-state index >= 15 is 0 Å². The minimum atomic E-state index is -1.02. The van der Waals surface area contributed by atoms with Crippen LogP contribution in [0, 0.1) is 35.5 Å². The van der Waals surface area contributed by atoms with Gasteiger partial charge in [0.15, 0.2) is 17.7 Å². The normalized spacial score (nSPS) is 16.3. The lowest BCUT2D eigenvalue weighted by molar-refractivity contribution is -0.149. The Morgan fingerprint density at radius 3 is 1.88 bits per heavy atom. The molecule has 3 unspecified atom stereocenters. The maximum atomic E-state index is 14.9. The quantitative estimate of drug-likeness (QED) is 0.0343. The Labute approximate surface area is 503 Å². The molecule has 4 rings (SSSR count). The Hall–Kier alpha value is -5.11. The molecule has 0 spiro atoms. The van der Waals surface area contributed by atoms with Crippen LogP contribution in [-0.4, -0.2) is 166 Å². The number of carbonyl (C=O) groups is 8. The molecule has 3 aromatic rings. The van der Waals surface area contributed by atoms with Crippen molar-refractivity contribution in [3.63, 3.8) is 0 Å². The van der Waals surface area contributed by atoms with Crippen LogP contribution in [-0.2, 0) is 44.7 Å². The van der Waals surface area contributed by atoms with E-state index in [1.54, 1.807) is 34.2 Å². The number of hydrogen-bond donors (Lipinski definition) is 2. The molecule has 0 saturated carbocycles. The molecule has 9 atom stereocenters. The van der Waals surface area contributed by atoms with Crippen LogP contribution in [0.4, 0.5) is 0 Å². The van der Waals surface area contributed by atoms with Crippen LogP contribution in [0.15, 0.2) is 70.9 Å². The van der Waals surface area contributed by atoms with Gasteiger partial charge in [0.25, 0.3) is 5.91 Å². The second kappa shape index (κ2) is 32.8. The number of piperazine rings is 1. The van der Waals surface area contributed by atoms with Gasteiger partial charge in [-0.15, -0.1) is 23.1 Å². The summed E-state index contributed by atoms with van der Waals surface area (Å²) in [6, 6.07) is 16.2. The highest BCUT2D eigenvalue weighted by atomic mass is 32.2. The number of Topliss-reactive ketones (excluding diaryl/α,β-unsaturated/α-hetero) is 2. The maximum Gasteiger partial charge on any atom is 0.303 e. The maximum absolute atomic E-state index is 14.9. The summed E-state index contributed by atoms with van der Waals surface area (Å²) in [6.07, 6.45) is 1.82. The summed E-state index contributed by atoms with van der Waals surface area (Å²) >= 11 is 7.11. The summed E-state index contributed by atoms with van der Waals surface area (Å²) in [5, 5.41) is 4.97. The molecule has 1 aromatic heterocycles. The molecule has 1 N–H and O–H groups in total. The van der Waals surface area contributed by atoms with E-state index < -0.39 is 53.8 Å². The number of amides is 5. The van der Waals surface area contributed by atoms with Crippen molar-refractivity contribution in [2.45, 2.75) is 167 Å². The van der Waals surface area contributed by atoms with Crippen molar-refractivity contribution >= 4 is 82.8 Å². The molecule has 454 valence electrons. The highest BCUT2D eigenvalue weighted by Gasteiger charge is 2.40. The van der Waals surface area contributed by atoms with Crippen molar-refractivity contribution in [1.29, 1.82) is 0 Å². The molecule has 1 saturated heterocycles. The number of benzene rings is 2. The molecule has 1 fully saturated rings. The third-order valence-corrected chi connectivity index (χ3v) is 18.4. The molecule has 16 nitrogen and oxygen atoms in total. The predicted molar refractivity (Wildman–Crippen MR) is 331 cm³/mol. The molecule has 1 aliphatic rings. The summed E-state index contributed by atoms with van der Waals surface area (Å²) in [5.41, 5.74) is 0.879. The molecule has 0 radical (unpaired) electrons. The molecule has 2 aromatic carbocycles. The summed E-state index contributed by atoms with van der Waals surface area (Å²) in [4.78, 5) is 127. The number of rotatable bonds is 32. The van der Waals surface area contributed by atoms with E-state index in [0.29, 0.717) is 50.4 Å². The van der Waals surface area contributed by atoms with Crippen LogP contribution in [0.25, 0.3) is 0 Å². The van der Waals surface area contributed by atoms with Crippen molar-refractivity contribution in [1.82, 2.24) is 34.8 Å². The molecule has 1 aliphatic heterocycles. The first kappa shape index (κ1) is 69.4. The number of nitrogens with zero attached hydrogens (tertiary/aromatic N) is 6. The van der Waals surface area contributed by atoms with E-state index in [1.165, 1.54) is 23.6 Å². The van der Waals surface area contributed by atoms with Crippen molar-refractivity contribution in [2.24, 2.45) is 35.5 Å². The van der Waals surface area contributed by atoms with Crippen molar-refractivity contribution in [3.8, 4) is 0 Å². The summed E-state index contributed by atoms with van der Waals surface area (Å²) in [7, 11) is 7.08. The first-order valence-corrected chi connectivity index (χ1v) is 31.6. The van der Waals surface area contributed by atoms with Gasteiger partial charge < -0.3 is 29.7 Å². The third kappa shape index (κ3) is 20.6. The Morgan fingerprint density at radius 2 is 1.34 bits per heavy atom. The van der Waals surface area contributed by atoms with Gasteiger partial charge in [0.2, 0.25) is 23.6 Å². The van der Waals surface area contributed by atoms with E-state index in [1.807, 2.05) is 135 Å². The van der Waals surface area contributed by atoms with Crippen LogP contribution >= 0.6 is 35.7 Å².